The molecular weight excluding hydrogens is 525 g/mol. The lowest BCUT2D eigenvalue weighted by Crippen LogP contribution is -2.54. The Morgan fingerprint density at radius 2 is 1.89 bits per heavy atom. The highest BCUT2D eigenvalue weighted by atomic mass is 35.5. The number of thiazole rings is 1. The second kappa shape index (κ2) is 8.89. The summed E-state index contributed by atoms with van der Waals surface area (Å²) < 4.78 is 14.6. The van der Waals surface area contributed by atoms with E-state index in [9.17, 15) is 28.4 Å². The number of rotatable bonds is 4. The number of hydrogen-bond acceptors (Lipinski definition) is 7. The van der Waals surface area contributed by atoms with Crippen LogP contribution in [-0.4, -0.2) is 45.6 Å². The van der Waals surface area contributed by atoms with Crippen molar-refractivity contribution in [3.05, 3.63) is 57.3 Å². The molecule has 10 nitrogen and oxygen atoms in total. The number of nitrogens with one attached hydrogen (secondary N) is 3. The fraction of sp³-hybridized carbons (Fsp3) is 0.250. The van der Waals surface area contributed by atoms with Gasteiger partial charge in [-0.3, -0.25) is 29.4 Å². The standard InChI is InChI=1S/C24H19ClFN5O5S/c1-24(2,22-28-14-6-5-13(25)17(26)18(14)37-22)30-23(36)27-10-3-4-11-12(9-10)21(35)31(20(11)34)15-7-8-16(32)29-19(15)33/h3-6,9,15H,7-8H2,1-2H3,(H2,27,30,36)(H,29,32,33). The van der Waals surface area contributed by atoms with Gasteiger partial charge in [-0.2, -0.15) is 0 Å². The summed E-state index contributed by atoms with van der Waals surface area (Å²) in [5.41, 5.74) is -0.209. The van der Waals surface area contributed by atoms with Crippen LogP contribution in [0, 0.1) is 5.82 Å². The van der Waals surface area contributed by atoms with Gasteiger partial charge in [0.15, 0.2) is 5.82 Å². The number of benzene rings is 2. The molecule has 2 aliphatic rings. The molecule has 2 aliphatic heterocycles. The van der Waals surface area contributed by atoms with Crippen LogP contribution < -0.4 is 16.0 Å². The third-order valence-electron chi connectivity index (χ3n) is 6.11. The molecule has 0 bridgehead atoms. The van der Waals surface area contributed by atoms with E-state index >= 15 is 0 Å². The van der Waals surface area contributed by atoms with Crippen molar-refractivity contribution in [2.75, 3.05) is 5.32 Å². The van der Waals surface area contributed by atoms with Gasteiger partial charge in [0, 0.05) is 12.1 Å². The summed E-state index contributed by atoms with van der Waals surface area (Å²) in [4.78, 5) is 67.5. The SMILES string of the molecule is CC(C)(NC(=O)Nc1ccc2c(c1)C(=O)N(C1CCC(=O)NC1=O)C2=O)c1nc2ccc(Cl)c(F)c2s1. The molecule has 3 N–H and O–H groups in total. The number of halogens is 2. The predicted molar refractivity (Wildman–Crippen MR) is 133 cm³/mol. The first-order valence-corrected chi connectivity index (χ1v) is 12.4. The predicted octanol–water partition coefficient (Wildman–Crippen LogP) is 3.55. The van der Waals surface area contributed by atoms with E-state index in [-0.39, 0.29) is 39.4 Å². The van der Waals surface area contributed by atoms with Gasteiger partial charge in [0.25, 0.3) is 11.8 Å². The van der Waals surface area contributed by atoms with Crippen molar-refractivity contribution in [1.82, 2.24) is 20.5 Å². The molecule has 1 saturated heterocycles. The minimum atomic E-state index is -1.08. The van der Waals surface area contributed by atoms with Crippen molar-refractivity contribution in [1.29, 1.82) is 0 Å². The van der Waals surface area contributed by atoms with E-state index in [1.807, 2.05) is 0 Å². The summed E-state index contributed by atoms with van der Waals surface area (Å²) in [5.74, 6) is -3.07. The molecule has 1 unspecified atom stereocenters. The van der Waals surface area contributed by atoms with E-state index in [1.54, 1.807) is 19.9 Å². The fourth-order valence-corrected chi connectivity index (χ4v) is 5.53. The number of fused-ring (bicyclic) bond motifs is 2. The van der Waals surface area contributed by atoms with E-state index in [0.717, 1.165) is 16.2 Å². The highest BCUT2D eigenvalue weighted by Crippen LogP contribution is 2.34. The van der Waals surface area contributed by atoms with Crippen LogP contribution in [-0.2, 0) is 15.1 Å². The third kappa shape index (κ3) is 4.31. The second-order valence-electron chi connectivity index (χ2n) is 9.14. The molecule has 3 aromatic rings. The molecule has 1 atom stereocenters. The van der Waals surface area contributed by atoms with Crippen molar-refractivity contribution in [2.45, 2.75) is 38.3 Å². The van der Waals surface area contributed by atoms with Crippen LogP contribution in [0.4, 0.5) is 14.9 Å². The van der Waals surface area contributed by atoms with Gasteiger partial charge in [-0.1, -0.05) is 11.6 Å². The molecule has 5 rings (SSSR count). The highest BCUT2D eigenvalue weighted by Gasteiger charge is 2.44. The smallest absolute Gasteiger partial charge is 0.319 e. The van der Waals surface area contributed by atoms with E-state index in [1.165, 1.54) is 24.3 Å². The number of hydrogen-bond donors (Lipinski definition) is 3. The number of anilines is 1. The number of piperidine rings is 1. The molecular formula is C24H19ClFN5O5S. The van der Waals surface area contributed by atoms with Crippen LogP contribution in [0.2, 0.25) is 5.02 Å². The van der Waals surface area contributed by atoms with Crippen LogP contribution in [0.5, 0.6) is 0 Å². The lowest BCUT2D eigenvalue weighted by molar-refractivity contribution is -0.136. The van der Waals surface area contributed by atoms with Crippen LogP contribution in [0.25, 0.3) is 10.2 Å². The average Bonchev–Trinajstić information content (AvgIpc) is 3.37. The quantitative estimate of drug-likeness (QED) is 0.430. The monoisotopic (exact) mass is 543 g/mol. The number of aromatic nitrogens is 1. The minimum absolute atomic E-state index is 0.0148. The Kier molecular flexibility index (Phi) is 5.95. The number of nitrogens with zero attached hydrogens (tertiary/aromatic N) is 2. The lowest BCUT2D eigenvalue weighted by Gasteiger charge is -2.27. The molecule has 0 aliphatic carbocycles. The number of carbonyl (C=O) groups excluding carboxylic acids is 5. The van der Waals surface area contributed by atoms with E-state index < -0.39 is 47.1 Å². The maximum atomic E-state index is 14.3. The lowest BCUT2D eigenvalue weighted by atomic mass is 10.0. The largest absolute Gasteiger partial charge is 0.326 e. The topological polar surface area (TPSA) is 138 Å². The van der Waals surface area contributed by atoms with E-state index in [0.29, 0.717) is 10.5 Å². The summed E-state index contributed by atoms with van der Waals surface area (Å²) in [6.45, 7) is 3.40. The van der Waals surface area contributed by atoms with Crippen molar-refractivity contribution in [2.24, 2.45) is 0 Å². The van der Waals surface area contributed by atoms with Crippen LogP contribution in [0.15, 0.2) is 30.3 Å². The van der Waals surface area contributed by atoms with Crippen molar-refractivity contribution >= 4 is 68.5 Å². The Balaban J connectivity index is 1.32. The van der Waals surface area contributed by atoms with Crippen molar-refractivity contribution < 1.29 is 28.4 Å². The molecule has 3 heterocycles. The number of imide groups is 2. The first kappa shape index (κ1) is 24.8. The Labute approximate surface area is 218 Å². The Morgan fingerprint density at radius 3 is 2.62 bits per heavy atom. The van der Waals surface area contributed by atoms with Gasteiger partial charge in [-0.15, -0.1) is 11.3 Å². The molecule has 6 amide bonds. The fourth-order valence-electron chi connectivity index (χ4n) is 4.25. The third-order valence-corrected chi connectivity index (χ3v) is 7.79. The van der Waals surface area contributed by atoms with Crippen molar-refractivity contribution in [3.8, 4) is 0 Å². The van der Waals surface area contributed by atoms with Gasteiger partial charge in [0.2, 0.25) is 11.8 Å². The van der Waals surface area contributed by atoms with Gasteiger partial charge < -0.3 is 10.6 Å². The summed E-state index contributed by atoms with van der Waals surface area (Å²) in [6, 6.07) is 5.50. The first-order chi connectivity index (χ1) is 17.5. The average molecular weight is 544 g/mol. The zero-order valence-electron chi connectivity index (χ0n) is 19.5. The van der Waals surface area contributed by atoms with Crippen LogP contribution in [0.1, 0.15) is 52.4 Å². The van der Waals surface area contributed by atoms with Gasteiger partial charge in [-0.05, 0) is 50.6 Å². The van der Waals surface area contributed by atoms with E-state index in [2.05, 4.69) is 20.9 Å². The summed E-state index contributed by atoms with van der Waals surface area (Å²) >= 11 is 6.92. The van der Waals surface area contributed by atoms with Crippen LogP contribution >= 0.6 is 22.9 Å². The molecule has 0 radical (unpaired) electrons. The maximum absolute atomic E-state index is 14.3. The summed E-state index contributed by atoms with van der Waals surface area (Å²) in [7, 11) is 0. The molecule has 37 heavy (non-hydrogen) atoms. The number of amides is 6. The van der Waals surface area contributed by atoms with Gasteiger partial charge in [0.05, 0.1) is 31.9 Å². The molecule has 0 spiro atoms. The summed E-state index contributed by atoms with van der Waals surface area (Å²) in [6.07, 6.45) is 0.0571. The normalized spacial score (nSPS) is 17.7. The zero-order valence-corrected chi connectivity index (χ0v) is 21.1. The van der Waals surface area contributed by atoms with Crippen LogP contribution in [0.3, 0.4) is 0 Å². The number of urea groups is 1. The Bertz CT molecular complexity index is 1540. The van der Waals surface area contributed by atoms with Gasteiger partial charge in [0.1, 0.15) is 11.0 Å². The minimum Gasteiger partial charge on any atom is -0.326 e. The van der Waals surface area contributed by atoms with Gasteiger partial charge in [-0.25, -0.2) is 14.2 Å². The molecule has 190 valence electrons. The molecule has 13 heteroatoms. The molecule has 1 aromatic heterocycles. The number of carbonyl (C=O) groups is 5. The maximum Gasteiger partial charge on any atom is 0.319 e. The Hall–Kier alpha value is -3.90. The summed E-state index contributed by atoms with van der Waals surface area (Å²) in [5, 5.41) is 7.96. The molecule has 2 aromatic carbocycles. The molecule has 1 fully saturated rings. The zero-order chi connectivity index (χ0) is 26.6. The highest BCUT2D eigenvalue weighted by molar-refractivity contribution is 7.18. The molecule has 0 saturated carbocycles. The second-order valence-corrected chi connectivity index (χ2v) is 10.5. The van der Waals surface area contributed by atoms with E-state index in [4.69, 9.17) is 11.6 Å². The Morgan fingerprint density at radius 1 is 1.16 bits per heavy atom. The first-order valence-electron chi connectivity index (χ1n) is 11.2. The van der Waals surface area contributed by atoms with Gasteiger partial charge >= 0.3 is 6.03 Å². The van der Waals surface area contributed by atoms with Crippen molar-refractivity contribution in [3.63, 3.8) is 0 Å².